The number of rotatable bonds is 8. The van der Waals surface area contributed by atoms with Crippen LogP contribution in [0.3, 0.4) is 0 Å². The summed E-state index contributed by atoms with van der Waals surface area (Å²) in [6.45, 7) is 9.74. The van der Waals surface area contributed by atoms with Gasteiger partial charge in [0.1, 0.15) is 12.5 Å². The first-order valence-electron chi connectivity index (χ1n) is 10.8. The Bertz CT molecular complexity index is 902. The maximum absolute atomic E-state index is 6.35. The van der Waals surface area contributed by atoms with Crippen molar-refractivity contribution in [3.8, 4) is 17.4 Å². The van der Waals surface area contributed by atoms with Gasteiger partial charge in [-0.2, -0.15) is 0 Å². The van der Waals surface area contributed by atoms with Crippen LogP contribution in [0, 0.1) is 12.3 Å². The van der Waals surface area contributed by atoms with Gasteiger partial charge in [0.2, 0.25) is 11.8 Å². The highest BCUT2D eigenvalue weighted by Crippen LogP contribution is 2.35. The first-order valence-corrected chi connectivity index (χ1v) is 10.8. The number of hydrogen-bond donors (Lipinski definition) is 1. The molecule has 9 heteroatoms. The van der Waals surface area contributed by atoms with Crippen LogP contribution >= 0.6 is 0 Å². The second-order valence-corrected chi connectivity index (χ2v) is 8.66. The number of pyridine rings is 1. The lowest BCUT2D eigenvalue weighted by Gasteiger charge is -2.24. The van der Waals surface area contributed by atoms with Crippen molar-refractivity contribution in [3.63, 3.8) is 0 Å². The zero-order valence-corrected chi connectivity index (χ0v) is 18.9. The third-order valence-electron chi connectivity index (χ3n) is 6.04. The van der Waals surface area contributed by atoms with Crippen molar-refractivity contribution in [1.82, 2.24) is 19.7 Å². The van der Waals surface area contributed by atoms with Gasteiger partial charge in [-0.1, -0.05) is 6.92 Å². The molecule has 0 spiro atoms. The lowest BCUT2D eigenvalue weighted by atomic mass is 9.91. The van der Waals surface area contributed by atoms with Gasteiger partial charge in [-0.15, -0.1) is 5.10 Å². The Morgan fingerprint density at radius 3 is 2.94 bits per heavy atom. The van der Waals surface area contributed by atoms with Gasteiger partial charge >= 0.3 is 0 Å². The van der Waals surface area contributed by atoms with Crippen molar-refractivity contribution < 1.29 is 18.9 Å². The molecule has 31 heavy (non-hydrogen) atoms. The van der Waals surface area contributed by atoms with Gasteiger partial charge in [0.15, 0.2) is 0 Å². The Balaban J connectivity index is 1.55. The van der Waals surface area contributed by atoms with Crippen molar-refractivity contribution in [2.45, 2.75) is 26.7 Å². The molecule has 1 atom stereocenters. The summed E-state index contributed by atoms with van der Waals surface area (Å²) in [5.74, 6) is 2.18. The molecule has 2 aliphatic heterocycles. The molecular weight excluding hydrogens is 398 g/mol. The lowest BCUT2D eigenvalue weighted by molar-refractivity contribution is 0.132. The standard InChI is InChI=1S/C22H33N5O4/c1-16-11-17(12-23-20(16)29-4)27-19-18(5-9-30-15-24-19)21(25-27)31-14-22(2)6-7-26(13-22)8-10-28-3/h11-12,24H,5-10,13-15H2,1-4H3. The van der Waals surface area contributed by atoms with Crippen molar-refractivity contribution in [2.75, 3.05) is 65.7 Å². The molecule has 4 rings (SSSR count). The number of likely N-dealkylation sites (tertiary alicyclic amines) is 1. The summed E-state index contributed by atoms with van der Waals surface area (Å²) in [7, 11) is 3.37. The smallest absolute Gasteiger partial charge is 0.238 e. The Labute approximate surface area is 183 Å². The van der Waals surface area contributed by atoms with E-state index in [4.69, 9.17) is 24.0 Å². The number of nitrogens with one attached hydrogen (secondary N) is 1. The summed E-state index contributed by atoms with van der Waals surface area (Å²) in [6, 6.07) is 2.02. The normalized spacial score (nSPS) is 21.4. The largest absolute Gasteiger partial charge is 0.481 e. The molecule has 2 aromatic heterocycles. The molecule has 4 heterocycles. The van der Waals surface area contributed by atoms with Gasteiger partial charge in [-0.3, -0.25) is 0 Å². The van der Waals surface area contributed by atoms with Gasteiger partial charge in [0.05, 0.1) is 44.4 Å². The molecule has 0 radical (unpaired) electrons. The number of ether oxygens (including phenoxy) is 4. The van der Waals surface area contributed by atoms with E-state index in [9.17, 15) is 0 Å². The summed E-state index contributed by atoms with van der Waals surface area (Å²) in [6.07, 6.45) is 3.61. The minimum atomic E-state index is 0.0946. The fraction of sp³-hybridized carbons (Fsp3) is 0.636. The summed E-state index contributed by atoms with van der Waals surface area (Å²) >= 11 is 0. The van der Waals surface area contributed by atoms with E-state index in [1.165, 1.54) is 0 Å². The molecule has 1 saturated heterocycles. The summed E-state index contributed by atoms with van der Waals surface area (Å²) in [5.41, 5.74) is 2.95. The van der Waals surface area contributed by atoms with Gasteiger partial charge in [0, 0.05) is 37.6 Å². The van der Waals surface area contributed by atoms with E-state index < -0.39 is 0 Å². The van der Waals surface area contributed by atoms with Gasteiger partial charge in [-0.25, -0.2) is 9.67 Å². The quantitative estimate of drug-likeness (QED) is 0.682. The molecule has 9 nitrogen and oxygen atoms in total. The number of hydrogen-bond acceptors (Lipinski definition) is 8. The van der Waals surface area contributed by atoms with Crippen molar-refractivity contribution in [2.24, 2.45) is 5.41 Å². The van der Waals surface area contributed by atoms with E-state index >= 15 is 0 Å². The molecule has 0 aromatic carbocycles. The number of aromatic nitrogens is 3. The van der Waals surface area contributed by atoms with Crippen LogP contribution in [-0.2, 0) is 15.9 Å². The molecule has 170 valence electrons. The molecule has 2 aromatic rings. The Hall–Kier alpha value is -2.36. The van der Waals surface area contributed by atoms with Crippen LogP contribution in [0.4, 0.5) is 5.82 Å². The molecule has 2 aliphatic rings. The topological polar surface area (TPSA) is 82.9 Å². The third kappa shape index (κ3) is 4.78. The number of anilines is 1. The minimum Gasteiger partial charge on any atom is -0.481 e. The Morgan fingerprint density at radius 1 is 1.29 bits per heavy atom. The van der Waals surface area contributed by atoms with Crippen LogP contribution in [0.1, 0.15) is 24.5 Å². The van der Waals surface area contributed by atoms with Gasteiger partial charge in [-0.05, 0) is 26.0 Å². The number of nitrogens with zero attached hydrogens (tertiary/aromatic N) is 4. The van der Waals surface area contributed by atoms with E-state index in [-0.39, 0.29) is 5.41 Å². The highest BCUT2D eigenvalue weighted by molar-refractivity contribution is 5.56. The number of methoxy groups -OCH3 is 2. The second kappa shape index (κ2) is 9.42. The van der Waals surface area contributed by atoms with Crippen LogP contribution in [0.5, 0.6) is 11.8 Å². The van der Waals surface area contributed by atoms with Crippen LogP contribution < -0.4 is 14.8 Å². The average molecular weight is 432 g/mol. The van der Waals surface area contributed by atoms with Gasteiger partial charge in [0.25, 0.3) is 0 Å². The number of fused-ring (bicyclic) bond motifs is 1. The maximum atomic E-state index is 6.35. The first kappa shape index (κ1) is 21.9. The van der Waals surface area contributed by atoms with Crippen LogP contribution in [0.15, 0.2) is 12.3 Å². The second-order valence-electron chi connectivity index (χ2n) is 8.66. The van der Waals surface area contributed by atoms with E-state index in [0.29, 0.717) is 31.7 Å². The lowest BCUT2D eigenvalue weighted by Crippen LogP contribution is -2.31. The zero-order chi connectivity index (χ0) is 21.8. The van der Waals surface area contributed by atoms with E-state index in [1.807, 2.05) is 17.7 Å². The SMILES string of the molecule is COCCN1CCC(C)(COc2nn(-c3cnc(OC)c(C)c3)c3c2CCOCN3)C1. The summed E-state index contributed by atoms with van der Waals surface area (Å²) in [5, 5.41) is 8.17. The predicted octanol–water partition coefficient (Wildman–Crippen LogP) is 2.26. The monoisotopic (exact) mass is 431 g/mol. The van der Waals surface area contributed by atoms with Crippen molar-refractivity contribution in [3.05, 3.63) is 23.4 Å². The molecule has 0 saturated carbocycles. The van der Waals surface area contributed by atoms with Gasteiger partial charge < -0.3 is 29.2 Å². The Kier molecular flexibility index (Phi) is 6.64. The van der Waals surface area contributed by atoms with E-state index in [0.717, 1.165) is 61.7 Å². The maximum Gasteiger partial charge on any atom is 0.238 e. The molecule has 1 unspecified atom stereocenters. The third-order valence-corrected chi connectivity index (χ3v) is 6.04. The van der Waals surface area contributed by atoms with Crippen molar-refractivity contribution >= 4 is 5.82 Å². The highest BCUT2D eigenvalue weighted by atomic mass is 16.5. The highest BCUT2D eigenvalue weighted by Gasteiger charge is 2.35. The van der Waals surface area contributed by atoms with Crippen LogP contribution in [0.25, 0.3) is 5.69 Å². The fourth-order valence-corrected chi connectivity index (χ4v) is 4.28. The fourth-order valence-electron chi connectivity index (χ4n) is 4.28. The van der Waals surface area contributed by atoms with Crippen molar-refractivity contribution in [1.29, 1.82) is 0 Å². The zero-order valence-electron chi connectivity index (χ0n) is 18.9. The minimum absolute atomic E-state index is 0.0946. The molecule has 0 aliphatic carbocycles. The van der Waals surface area contributed by atoms with Crippen LogP contribution in [-0.4, -0.2) is 80.1 Å². The summed E-state index contributed by atoms with van der Waals surface area (Å²) < 4.78 is 24.4. The molecule has 1 N–H and O–H groups in total. The van der Waals surface area contributed by atoms with Crippen LogP contribution in [0.2, 0.25) is 0 Å². The molecule has 0 bridgehead atoms. The first-order chi connectivity index (χ1) is 15.0. The Morgan fingerprint density at radius 2 is 2.16 bits per heavy atom. The average Bonchev–Trinajstić information content (AvgIpc) is 3.21. The number of aryl methyl sites for hydroxylation is 1. The summed E-state index contributed by atoms with van der Waals surface area (Å²) in [4.78, 5) is 6.85. The molecule has 0 amide bonds. The predicted molar refractivity (Wildman–Crippen MR) is 117 cm³/mol. The molecular formula is C22H33N5O4. The van der Waals surface area contributed by atoms with E-state index in [2.05, 4.69) is 22.1 Å². The van der Waals surface area contributed by atoms with E-state index in [1.54, 1.807) is 20.4 Å². The molecule has 1 fully saturated rings.